The highest BCUT2D eigenvalue weighted by atomic mass is 32.2. The van der Waals surface area contributed by atoms with Gasteiger partial charge in [0.25, 0.3) is 10.9 Å². The van der Waals surface area contributed by atoms with Crippen molar-refractivity contribution in [2.75, 3.05) is 5.75 Å². The minimum Gasteiger partial charge on any atom is -0.618 e. The maximum absolute atomic E-state index is 12.9. The lowest BCUT2D eigenvalue weighted by Crippen LogP contribution is -2.39. The number of nitrogens with zero attached hydrogens (tertiary/aromatic N) is 3. The molecule has 252 valence electrons. The Balaban J connectivity index is 1.09. The van der Waals surface area contributed by atoms with Crippen LogP contribution >= 0.6 is 11.8 Å². The largest absolute Gasteiger partial charge is 0.618 e. The summed E-state index contributed by atoms with van der Waals surface area (Å²) < 4.78 is 14.2. The summed E-state index contributed by atoms with van der Waals surface area (Å²) in [6.45, 7) is 2.40. The van der Waals surface area contributed by atoms with Crippen LogP contribution in [0.4, 0.5) is 0 Å². The van der Waals surface area contributed by atoms with Gasteiger partial charge in [-0.15, -0.1) is 0 Å². The summed E-state index contributed by atoms with van der Waals surface area (Å²) in [6.07, 6.45) is 1.85. The van der Waals surface area contributed by atoms with E-state index in [4.69, 9.17) is 9.47 Å². The molecule has 7 rings (SSSR count). The number of benzene rings is 4. The quantitative estimate of drug-likeness (QED) is 0.0905. The average Bonchev–Trinajstić information content (AvgIpc) is 3.17. The van der Waals surface area contributed by atoms with Gasteiger partial charge in [0.2, 0.25) is 0 Å². The average molecular weight is 685 g/mol. The van der Waals surface area contributed by atoms with Gasteiger partial charge in [-0.2, -0.15) is 4.73 Å². The molecule has 1 aliphatic rings. The number of hydrogen-bond donors (Lipinski definition) is 2. The van der Waals surface area contributed by atoms with Crippen LogP contribution in [0.1, 0.15) is 52.1 Å². The molecule has 1 amide bonds. The minimum atomic E-state index is -0.653. The Morgan fingerprint density at radius 3 is 2.42 bits per heavy atom. The Kier molecular flexibility index (Phi) is 10.1. The van der Waals surface area contributed by atoms with Crippen molar-refractivity contribution in [3.05, 3.63) is 161 Å². The summed E-state index contributed by atoms with van der Waals surface area (Å²) in [5.74, 6) is 0.261. The fourth-order valence-corrected chi connectivity index (χ4v) is 7.15. The number of nitrogens with one attached hydrogen (secondary N) is 1. The van der Waals surface area contributed by atoms with Gasteiger partial charge in [-0.1, -0.05) is 91.5 Å². The maximum Gasteiger partial charge on any atom is 0.271 e. The van der Waals surface area contributed by atoms with E-state index in [9.17, 15) is 15.1 Å². The van der Waals surface area contributed by atoms with Gasteiger partial charge in [0.15, 0.2) is 12.5 Å². The highest BCUT2D eigenvalue weighted by molar-refractivity contribution is 7.99. The Labute approximate surface area is 294 Å². The number of aliphatic hydroxyl groups excluding tert-OH is 1. The van der Waals surface area contributed by atoms with Gasteiger partial charge in [-0.3, -0.25) is 9.78 Å². The SMILES string of the molecule is C[C@H]1[C@@H](CSc2cccc[n+]2[O-])O[C@@H](c2cccc(-c3cccc(CNC(=O)c4cnc5ccccc5n4)c3)c2)O[C@H]1c1ccc(CO)cc1. The zero-order chi connectivity index (χ0) is 34.5. The number of ether oxygens (including phenoxy) is 2. The second-order valence-electron chi connectivity index (χ2n) is 12.3. The van der Waals surface area contributed by atoms with Gasteiger partial charge in [-0.05, 0) is 58.1 Å². The number of fused-ring (bicyclic) bond motifs is 1. The van der Waals surface area contributed by atoms with Crippen LogP contribution in [-0.4, -0.2) is 32.8 Å². The van der Waals surface area contributed by atoms with Crippen molar-refractivity contribution in [1.29, 1.82) is 0 Å². The summed E-state index contributed by atoms with van der Waals surface area (Å²) in [5.41, 5.74) is 7.28. The fraction of sp³-hybridized carbons (Fsp3) is 0.200. The number of thioether (sulfide) groups is 1. The number of hydrogen-bond acceptors (Lipinski definition) is 8. The lowest BCUT2D eigenvalue weighted by atomic mass is 9.91. The van der Waals surface area contributed by atoms with Crippen molar-refractivity contribution >= 4 is 28.7 Å². The first-order valence-electron chi connectivity index (χ1n) is 16.5. The first-order valence-corrected chi connectivity index (χ1v) is 17.4. The molecule has 1 aliphatic heterocycles. The van der Waals surface area contributed by atoms with Crippen LogP contribution in [0.15, 0.2) is 133 Å². The summed E-state index contributed by atoms with van der Waals surface area (Å²) >= 11 is 1.46. The molecule has 4 aromatic carbocycles. The minimum absolute atomic E-state index is 0.0156. The first-order chi connectivity index (χ1) is 24.4. The molecule has 50 heavy (non-hydrogen) atoms. The third-order valence-electron chi connectivity index (χ3n) is 8.86. The van der Waals surface area contributed by atoms with E-state index in [1.807, 2.05) is 97.1 Å². The number of aliphatic hydroxyl groups is 1. The summed E-state index contributed by atoms with van der Waals surface area (Å²) in [4.78, 5) is 21.7. The molecule has 1 fully saturated rings. The number of carbonyl (C=O) groups excluding carboxylic acids is 1. The molecule has 0 aliphatic carbocycles. The van der Waals surface area contributed by atoms with Crippen LogP contribution < -0.4 is 10.0 Å². The molecule has 9 nitrogen and oxygen atoms in total. The highest BCUT2D eigenvalue weighted by Crippen LogP contribution is 2.43. The van der Waals surface area contributed by atoms with Crippen molar-refractivity contribution in [3.8, 4) is 11.1 Å². The number of carbonyl (C=O) groups is 1. The number of aromatic nitrogens is 3. The molecule has 0 radical (unpaired) electrons. The first kappa shape index (κ1) is 33.4. The zero-order valence-electron chi connectivity index (χ0n) is 27.4. The predicted molar refractivity (Wildman–Crippen MR) is 192 cm³/mol. The molecule has 3 heterocycles. The summed E-state index contributed by atoms with van der Waals surface area (Å²) in [6, 6.07) is 36.8. The molecule has 0 unspecified atom stereocenters. The van der Waals surface area contributed by atoms with Crippen LogP contribution in [0.2, 0.25) is 0 Å². The van der Waals surface area contributed by atoms with Crippen molar-refractivity contribution in [1.82, 2.24) is 15.3 Å². The van der Waals surface area contributed by atoms with Crippen LogP contribution in [0.25, 0.3) is 22.2 Å². The second kappa shape index (κ2) is 15.2. The molecule has 0 bridgehead atoms. The van der Waals surface area contributed by atoms with E-state index < -0.39 is 6.29 Å². The normalized spacial score (nSPS) is 18.9. The summed E-state index contributed by atoms with van der Waals surface area (Å²) in [5, 5.41) is 25.5. The van der Waals surface area contributed by atoms with Gasteiger partial charge in [0, 0.05) is 35.9 Å². The molecular weight excluding hydrogens is 649 g/mol. The summed E-state index contributed by atoms with van der Waals surface area (Å²) in [7, 11) is 0. The third kappa shape index (κ3) is 7.54. The second-order valence-corrected chi connectivity index (χ2v) is 13.3. The maximum atomic E-state index is 12.9. The molecule has 6 aromatic rings. The van der Waals surface area contributed by atoms with Crippen LogP contribution in [0, 0.1) is 11.1 Å². The number of rotatable bonds is 10. The highest BCUT2D eigenvalue weighted by Gasteiger charge is 2.38. The van der Waals surface area contributed by atoms with E-state index in [0.29, 0.717) is 22.8 Å². The van der Waals surface area contributed by atoms with Gasteiger partial charge in [-0.25, -0.2) is 4.98 Å². The number of amides is 1. The lowest BCUT2D eigenvalue weighted by Gasteiger charge is -2.41. The monoisotopic (exact) mass is 684 g/mol. The molecule has 0 spiro atoms. The molecule has 0 saturated carbocycles. The molecule has 10 heteroatoms. The van der Waals surface area contributed by atoms with Crippen molar-refractivity contribution in [2.24, 2.45) is 5.92 Å². The topological polar surface area (TPSA) is 121 Å². The predicted octanol–water partition coefficient (Wildman–Crippen LogP) is 6.94. The zero-order valence-corrected chi connectivity index (χ0v) is 28.2. The Morgan fingerprint density at radius 2 is 1.62 bits per heavy atom. The fourth-order valence-electron chi connectivity index (χ4n) is 6.07. The van der Waals surface area contributed by atoms with Crippen molar-refractivity contribution in [2.45, 2.75) is 43.6 Å². The van der Waals surface area contributed by atoms with Crippen molar-refractivity contribution in [3.63, 3.8) is 0 Å². The Morgan fingerprint density at radius 1 is 0.860 bits per heavy atom. The molecule has 1 saturated heterocycles. The van der Waals surface area contributed by atoms with Gasteiger partial charge in [0.1, 0.15) is 5.69 Å². The van der Waals surface area contributed by atoms with E-state index in [1.165, 1.54) is 24.2 Å². The number of pyridine rings is 1. The molecule has 2 N–H and O–H groups in total. The Bertz CT molecular complexity index is 2110. The van der Waals surface area contributed by atoms with E-state index >= 15 is 0 Å². The van der Waals surface area contributed by atoms with Crippen LogP contribution in [0.3, 0.4) is 0 Å². The molecular formula is C40H36N4O5S. The van der Waals surface area contributed by atoms with Gasteiger partial charge < -0.3 is 25.1 Å². The smallest absolute Gasteiger partial charge is 0.271 e. The number of para-hydroxylation sites is 2. The third-order valence-corrected chi connectivity index (χ3v) is 9.97. The van der Waals surface area contributed by atoms with E-state index in [0.717, 1.165) is 43.6 Å². The Hall–Kier alpha value is -5.13. The lowest BCUT2D eigenvalue weighted by molar-refractivity contribution is -0.645. The molecule has 2 aromatic heterocycles. The van der Waals surface area contributed by atoms with Crippen LogP contribution in [-0.2, 0) is 22.6 Å². The molecule has 4 atom stereocenters. The van der Waals surface area contributed by atoms with Crippen LogP contribution in [0.5, 0.6) is 0 Å². The standard InChI is InChI=1S/C40H36N4O5S/c1-26-36(25-50-37-14-4-5-19-44(37)47)48-40(49-38(26)29-17-15-27(24-45)16-18-29)32-11-7-10-31(21-32)30-9-6-8-28(20-30)22-42-39(46)35-23-41-33-12-2-3-13-34(33)43-35/h2-21,23,26,36,38,40,45H,22,24-25H2,1H3,(H,42,46)/t26-,36+,38+,40+/m0/s1. The van der Waals surface area contributed by atoms with Gasteiger partial charge >= 0.3 is 0 Å². The van der Waals surface area contributed by atoms with E-state index in [-0.39, 0.29) is 36.3 Å². The van der Waals surface area contributed by atoms with E-state index in [1.54, 1.807) is 6.07 Å². The van der Waals surface area contributed by atoms with Gasteiger partial charge in [0.05, 0.1) is 36.0 Å². The van der Waals surface area contributed by atoms with E-state index in [2.05, 4.69) is 34.3 Å². The van der Waals surface area contributed by atoms with Crippen molar-refractivity contribution < 1.29 is 24.1 Å².